The van der Waals surface area contributed by atoms with Gasteiger partial charge in [-0.05, 0) is 17.7 Å². The van der Waals surface area contributed by atoms with Crippen molar-refractivity contribution in [3.05, 3.63) is 66.2 Å². The van der Waals surface area contributed by atoms with Crippen LogP contribution in [0, 0.1) is 0 Å². The van der Waals surface area contributed by atoms with E-state index in [1.807, 2.05) is 24.3 Å². The summed E-state index contributed by atoms with van der Waals surface area (Å²) in [6.45, 7) is 0. The first-order valence-corrected chi connectivity index (χ1v) is 5.57. The van der Waals surface area contributed by atoms with Crippen LogP contribution in [0.15, 0.2) is 60.7 Å². The SMILES string of the molecule is NN(c1ccccc1)C(C(=O)O)c1ccccc1. The van der Waals surface area contributed by atoms with E-state index in [1.54, 1.807) is 36.4 Å². The van der Waals surface area contributed by atoms with Gasteiger partial charge in [0.05, 0.1) is 5.69 Å². The largest absolute Gasteiger partial charge is 0.479 e. The van der Waals surface area contributed by atoms with Gasteiger partial charge in [-0.3, -0.25) is 5.01 Å². The minimum Gasteiger partial charge on any atom is -0.479 e. The van der Waals surface area contributed by atoms with Gasteiger partial charge in [0.25, 0.3) is 0 Å². The lowest BCUT2D eigenvalue weighted by Crippen LogP contribution is -2.39. The minimum absolute atomic E-state index is 0.649. The number of nitrogens with two attached hydrogens (primary N) is 1. The maximum atomic E-state index is 11.4. The van der Waals surface area contributed by atoms with Crippen LogP contribution in [-0.4, -0.2) is 11.1 Å². The highest BCUT2D eigenvalue weighted by Crippen LogP contribution is 2.23. The van der Waals surface area contributed by atoms with Crippen LogP contribution in [0.1, 0.15) is 11.6 Å². The van der Waals surface area contributed by atoms with Crippen molar-refractivity contribution in [2.24, 2.45) is 5.84 Å². The number of hydrogen-bond donors (Lipinski definition) is 2. The smallest absolute Gasteiger partial charge is 0.332 e. The van der Waals surface area contributed by atoms with Crippen LogP contribution in [0.3, 0.4) is 0 Å². The lowest BCUT2D eigenvalue weighted by Gasteiger charge is -2.26. The van der Waals surface area contributed by atoms with Crippen LogP contribution in [0.4, 0.5) is 5.69 Å². The Kier molecular flexibility index (Phi) is 3.60. The molecule has 1 atom stereocenters. The van der Waals surface area contributed by atoms with Crippen molar-refractivity contribution < 1.29 is 9.90 Å². The number of benzene rings is 2. The van der Waals surface area contributed by atoms with Crippen LogP contribution >= 0.6 is 0 Å². The van der Waals surface area contributed by atoms with Crippen molar-refractivity contribution >= 4 is 11.7 Å². The Morgan fingerprint density at radius 1 is 1.00 bits per heavy atom. The summed E-state index contributed by atoms with van der Waals surface area (Å²) in [4.78, 5) is 11.4. The Labute approximate surface area is 105 Å². The highest BCUT2D eigenvalue weighted by atomic mass is 16.4. The Bertz CT molecular complexity index is 514. The fraction of sp³-hybridized carbons (Fsp3) is 0.0714. The lowest BCUT2D eigenvalue weighted by molar-refractivity contribution is -0.138. The molecule has 0 bridgehead atoms. The first kappa shape index (κ1) is 12.1. The molecule has 4 heteroatoms. The van der Waals surface area contributed by atoms with Gasteiger partial charge in [-0.1, -0.05) is 48.5 Å². The number of aliphatic carboxylic acids is 1. The summed E-state index contributed by atoms with van der Waals surface area (Å²) < 4.78 is 0. The molecule has 0 heterocycles. The molecule has 4 nitrogen and oxygen atoms in total. The summed E-state index contributed by atoms with van der Waals surface area (Å²) in [7, 11) is 0. The molecule has 0 aliphatic rings. The van der Waals surface area contributed by atoms with Crippen molar-refractivity contribution in [3.8, 4) is 0 Å². The van der Waals surface area contributed by atoms with Crippen molar-refractivity contribution in [3.63, 3.8) is 0 Å². The van der Waals surface area contributed by atoms with E-state index in [2.05, 4.69) is 0 Å². The zero-order valence-corrected chi connectivity index (χ0v) is 9.73. The summed E-state index contributed by atoms with van der Waals surface area (Å²) in [5.41, 5.74) is 1.31. The molecule has 0 aliphatic heterocycles. The molecule has 2 aromatic carbocycles. The quantitative estimate of drug-likeness (QED) is 0.637. The van der Waals surface area contributed by atoms with Crippen molar-refractivity contribution in [2.45, 2.75) is 6.04 Å². The zero-order chi connectivity index (χ0) is 13.0. The Morgan fingerprint density at radius 3 is 2.00 bits per heavy atom. The summed E-state index contributed by atoms with van der Waals surface area (Å²) in [5, 5.41) is 10.6. The van der Waals surface area contributed by atoms with Crippen LogP contribution < -0.4 is 10.9 Å². The van der Waals surface area contributed by atoms with Gasteiger partial charge in [-0.25, -0.2) is 10.6 Å². The fourth-order valence-electron chi connectivity index (χ4n) is 1.81. The van der Waals surface area contributed by atoms with E-state index >= 15 is 0 Å². The maximum Gasteiger partial charge on any atom is 0.332 e. The number of carboxylic acids is 1. The average molecular weight is 242 g/mol. The topological polar surface area (TPSA) is 66.6 Å². The van der Waals surface area contributed by atoms with Gasteiger partial charge in [-0.15, -0.1) is 0 Å². The van der Waals surface area contributed by atoms with Crippen molar-refractivity contribution in [2.75, 3.05) is 5.01 Å². The van der Waals surface area contributed by atoms with E-state index in [4.69, 9.17) is 5.84 Å². The van der Waals surface area contributed by atoms with Gasteiger partial charge in [-0.2, -0.15) is 0 Å². The molecule has 0 amide bonds. The van der Waals surface area contributed by atoms with Gasteiger partial charge >= 0.3 is 5.97 Å². The number of anilines is 1. The van der Waals surface area contributed by atoms with Gasteiger partial charge in [0, 0.05) is 0 Å². The molecule has 0 aromatic heterocycles. The summed E-state index contributed by atoms with van der Waals surface area (Å²) in [6.07, 6.45) is 0. The molecule has 18 heavy (non-hydrogen) atoms. The molecule has 3 N–H and O–H groups in total. The van der Waals surface area contributed by atoms with Crippen LogP contribution in [0.5, 0.6) is 0 Å². The molecule has 0 fully saturated rings. The third kappa shape index (κ3) is 2.49. The minimum atomic E-state index is -0.979. The van der Waals surface area contributed by atoms with E-state index in [-0.39, 0.29) is 0 Å². The third-order valence-electron chi connectivity index (χ3n) is 2.68. The van der Waals surface area contributed by atoms with E-state index in [1.165, 1.54) is 5.01 Å². The zero-order valence-electron chi connectivity index (χ0n) is 9.73. The van der Waals surface area contributed by atoms with Crippen molar-refractivity contribution in [1.29, 1.82) is 0 Å². The number of hydrogen-bond acceptors (Lipinski definition) is 3. The first-order chi connectivity index (χ1) is 8.70. The average Bonchev–Trinajstić information content (AvgIpc) is 2.40. The molecule has 0 saturated heterocycles. The highest BCUT2D eigenvalue weighted by Gasteiger charge is 2.25. The van der Waals surface area contributed by atoms with Gasteiger partial charge in [0.2, 0.25) is 0 Å². The van der Waals surface area contributed by atoms with Gasteiger partial charge < -0.3 is 5.11 Å². The number of para-hydroxylation sites is 1. The standard InChI is InChI=1S/C14H14N2O2/c15-16(12-9-5-2-6-10-12)13(14(17)18)11-7-3-1-4-8-11/h1-10,13H,15H2,(H,17,18). The molecule has 0 saturated carbocycles. The number of rotatable bonds is 4. The molecule has 0 spiro atoms. The highest BCUT2D eigenvalue weighted by molar-refractivity contribution is 5.79. The third-order valence-corrected chi connectivity index (χ3v) is 2.68. The summed E-state index contributed by atoms with van der Waals surface area (Å²) >= 11 is 0. The molecule has 92 valence electrons. The second-order valence-corrected chi connectivity index (χ2v) is 3.89. The molecule has 2 rings (SSSR count). The predicted octanol–water partition coefficient (Wildman–Crippen LogP) is 2.19. The normalized spacial score (nSPS) is 11.8. The lowest BCUT2D eigenvalue weighted by atomic mass is 10.1. The molecular formula is C14H14N2O2. The maximum absolute atomic E-state index is 11.4. The van der Waals surface area contributed by atoms with Crippen molar-refractivity contribution in [1.82, 2.24) is 0 Å². The Morgan fingerprint density at radius 2 is 1.50 bits per heavy atom. The Hall–Kier alpha value is -2.33. The molecule has 2 aromatic rings. The number of carboxylic acid groups (broad SMARTS) is 1. The van der Waals surface area contributed by atoms with E-state index < -0.39 is 12.0 Å². The van der Waals surface area contributed by atoms with Crippen LogP contribution in [-0.2, 0) is 4.79 Å². The molecular weight excluding hydrogens is 228 g/mol. The van der Waals surface area contributed by atoms with E-state index in [0.717, 1.165) is 0 Å². The number of carbonyl (C=O) groups is 1. The molecule has 0 radical (unpaired) electrons. The fourth-order valence-corrected chi connectivity index (χ4v) is 1.81. The second kappa shape index (κ2) is 5.33. The van der Waals surface area contributed by atoms with Gasteiger partial charge in [0.1, 0.15) is 0 Å². The monoisotopic (exact) mass is 242 g/mol. The number of nitrogens with zero attached hydrogens (tertiary/aromatic N) is 1. The summed E-state index contributed by atoms with van der Waals surface area (Å²) in [6, 6.07) is 17.1. The Balaban J connectivity index is 2.35. The van der Waals surface area contributed by atoms with Gasteiger partial charge in [0.15, 0.2) is 6.04 Å². The molecule has 0 aliphatic carbocycles. The summed E-state index contributed by atoms with van der Waals surface area (Å²) in [5.74, 6) is 4.95. The molecule has 1 unspecified atom stereocenters. The van der Waals surface area contributed by atoms with Crippen LogP contribution in [0.25, 0.3) is 0 Å². The second-order valence-electron chi connectivity index (χ2n) is 3.89. The van der Waals surface area contributed by atoms with E-state index in [0.29, 0.717) is 11.3 Å². The first-order valence-electron chi connectivity index (χ1n) is 5.57. The number of hydrazine groups is 1. The van der Waals surface area contributed by atoms with E-state index in [9.17, 15) is 9.90 Å². The van der Waals surface area contributed by atoms with Crippen LogP contribution in [0.2, 0.25) is 0 Å². The predicted molar refractivity (Wildman–Crippen MR) is 69.9 cm³/mol.